The van der Waals surface area contributed by atoms with E-state index in [1.165, 1.54) is 186 Å². The van der Waals surface area contributed by atoms with Crippen LogP contribution in [0.25, 0.3) is 0 Å². The molecule has 0 aliphatic carbocycles. The van der Waals surface area contributed by atoms with Crippen molar-refractivity contribution >= 4 is 11.9 Å². The number of amides is 1. The zero-order valence-corrected chi connectivity index (χ0v) is 37.2. The lowest BCUT2D eigenvalue weighted by atomic mass is 10.0. The van der Waals surface area contributed by atoms with Crippen molar-refractivity contribution in [3.63, 3.8) is 0 Å². The molecule has 0 heterocycles. The predicted octanol–water partition coefficient (Wildman–Crippen LogP) is 14.4. The maximum Gasteiger partial charge on any atom is 0.305 e. The molecule has 2 unspecified atom stereocenters. The number of aliphatic hydroxyl groups is 2. The minimum Gasteiger partial charge on any atom is -0.466 e. The highest BCUT2D eigenvalue weighted by molar-refractivity contribution is 5.76. The van der Waals surface area contributed by atoms with E-state index in [2.05, 4.69) is 19.2 Å². The van der Waals surface area contributed by atoms with Crippen LogP contribution in [-0.4, -0.2) is 47.4 Å². The van der Waals surface area contributed by atoms with E-state index in [9.17, 15) is 19.8 Å². The van der Waals surface area contributed by atoms with Crippen LogP contribution in [0, 0.1) is 0 Å². The fourth-order valence-electron chi connectivity index (χ4n) is 7.82. The van der Waals surface area contributed by atoms with Crippen molar-refractivity contribution in [2.24, 2.45) is 0 Å². The Balaban J connectivity index is 3.40. The van der Waals surface area contributed by atoms with Gasteiger partial charge in [-0.1, -0.05) is 239 Å². The van der Waals surface area contributed by atoms with Crippen molar-refractivity contribution in [1.82, 2.24) is 5.32 Å². The van der Waals surface area contributed by atoms with E-state index < -0.39 is 12.1 Å². The van der Waals surface area contributed by atoms with Gasteiger partial charge in [-0.15, -0.1) is 0 Å². The molecule has 0 aromatic heterocycles. The first kappa shape index (κ1) is 53.9. The van der Waals surface area contributed by atoms with E-state index in [0.717, 1.165) is 57.8 Å². The molecule has 0 saturated heterocycles. The fraction of sp³-hybridized carbons (Fsp3) is 0.959. The Morgan fingerprint density at radius 2 is 0.745 bits per heavy atom. The van der Waals surface area contributed by atoms with Crippen LogP contribution >= 0.6 is 0 Å². The van der Waals surface area contributed by atoms with Crippen molar-refractivity contribution in [3.05, 3.63) is 0 Å². The Bertz CT molecular complexity index is 776. The van der Waals surface area contributed by atoms with Gasteiger partial charge in [-0.25, -0.2) is 0 Å². The summed E-state index contributed by atoms with van der Waals surface area (Å²) in [6.07, 6.45) is 49.3. The van der Waals surface area contributed by atoms with Crippen LogP contribution in [-0.2, 0) is 14.3 Å². The van der Waals surface area contributed by atoms with E-state index in [0.29, 0.717) is 25.9 Å². The van der Waals surface area contributed by atoms with Crippen molar-refractivity contribution < 1.29 is 24.5 Å². The SMILES string of the molecule is CCCCCCCCCCCCCCCCCCCCCC(=O)OCCCCCCCCCCCCC(=O)NC(CO)C(O)CCCCCCCCCCC. The van der Waals surface area contributed by atoms with Crippen molar-refractivity contribution in [3.8, 4) is 0 Å². The van der Waals surface area contributed by atoms with Crippen LogP contribution in [0.15, 0.2) is 0 Å². The molecule has 55 heavy (non-hydrogen) atoms. The first-order valence-electron chi connectivity index (χ1n) is 24.8. The Kier molecular flexibility index (Phi) is 44.6. The van der Waals surface area contributed by atoms with Crippen LogP contribution < -0.4 is 5.32 Å². The first-order valence-corrected chi connectivity index (χ1v) is 24.8. The molecule has 1 amide bonds. The third kappa shape index (κ3) is 42.3. The quantitative estimate of drug-likeness (QED) is 0.0422. The van der Waals surface area contributed by atoms with Gasteiger partial charge in [0.2, 0.25) is 5.91 Å². The minimum absolute atomic E-state index is 0.0143. The summed E-state index contributed by atoms with van der Waals surface area (Å²) in [5.41, 5.74) is 0. The zero-order valence-electron chi connectivity index (χ0n) is 37.2. The molecule has 6 heteroatoms. The number of carbonyl (C=O) groups excluding carboxylic acids is 2. The Morgan fingerprint density at radius 1 is 0.436 bits per heavy atom. The summed E-state index contributed by atoms with van der Waals surface area (Å²) in [6, 6.07) is -0.554. The Hall–Kier alpha value is -1.14. The standard InChI is InChI=1S/C49H97NO5/c1-3-5-7-9-11-13-14-15-16-17-18-19-20-21-22-27-31-35-39-43-49(54)55-44-40-36-32-28-24-23-26-30-34-38-42-48(53)50-46(45-51)47(52)41-37-33-29-25-12-10-8-6-4-2/h46-47,51-52H,3-45H2,1-2H3,(H,50,53). The molecule has 0 saturated carbocycles. The topological polar surface area (TPSA) is 95.9 Å². The van der Waals surface area contributed by atoms with Gasteiger partial charge in [-0.2, -0.15) is 0 Å². The molecular weight excluding hydrogens is 683 g/mol. The van der Waals surface area contributed by atoms with E-state index in [4.69, 9.17) is 4.74 Å². The maximum atomic E-state index is 12.4. The molecule has 0 rings (SSSR count). The van der Waals surface area contributed by atoms with Crippen molar-refractivity contribution in [2.45, 2.75) is 289 Å². The van der Waals surface area contributed by atoms with Gasteiger partial charge >= 0.3 is 5.97 Å². The number of hydrogen-bond acceptors (Lipinski definition) is 5. The van der Waals surface area contributed by atoms with Gasteiger partial charge in [0.15, 0.2) is 0 Å². The first-order chi connectivity index (χ1) is 27.0. The smallest absolute Gasteiger partial charge is 0.305 e. The average Bonchev–Trinajstić information content (AvgIpc) is 3.18. The predicted molar refractivity (Wildman–Crippen MR) is 237 cm³/mol. The molecule has 6 nitrogen and oxygen atoms in total. The van der Waals surface area contributed by atoms with Crippen LogP contribution in [0.4, 0.5) is 0 Å². The Morgan fingerprint density at radius 3 is 1.11 bits per heavy atom. The number of ether oxygens (including phenoxy) is 1. The molecular formula is C49H97NO5. The van der Waals surface area contributed by atoms with E-state index in [-0.39, 0.29) is 18.5 Å². The third-order valence-corrected chi connectivity index (χ3v) is 11.7. The second kappa shape index (κ2) is 45.6. The highest BCUT2D eigenvalue weighted by Gasteiger charge is 2.20. The van der Waals surface area contributed by atoms with Crippen LogP contribution in [0.1, 0.15) is 277 Å². The van der Waals surface area contributed by atoms with Crippen molar-refractivity contribution in [1.29, 1.82) is 0 Å². The van der Waals surface area contributed by atoms with E-state index >= 15 is 0 Å². The summed E-state index contributed by atoms with van der Waals surface area (Å²) in [6.45, 7) is 4.89. The number of esters is 1. The summed E-state index contributed by atoms with van der Waals surface area (Å²) in [7, 11) is 0. The van der Waals surface area contributed by atoms with E-state index in [1.54, 1.807) is 0 Å². The normalized spacial score (nSPS) is 12.6. The lowest BCUT2D eigenvalue weighted by molar-refractivity contribution is -0.143. The second-order valence-corrected chi connectivity index (χ2v) is 17.2. The highest BCUT2D eigenvalue weighted by atomic mass is 16.5. The summed E-state index contributed by atoms with van der Waals surface area (Å²) in [5.74, 6) is -0.0730. The average molecular weight is 780 g/mol. The molecule has 0 bridgehead atoms. The molecule has 0 aromatic rings. The van der Waals surface area contributed by atoms with Crippen LogP contribution in [0.2, 0.25) is 0 Å². The number of hydrogen-bond donors (Lipinski definition) is 3. The number of carbonyl (C=O) groups is 2. The zero-order chi connectivity index (χ0) is 40.1. The monoisotopic (exact) mass is 780 g/mol. The van der Waals surface area contributed by atoms with Gasteiger partial charge in [0.1, 0.15) is 0 Å². The molecule has 0 spiro atoms. The highest BCUT2D eigenvalue weighted by Crippen LogP contribution is 2.17. The van der Waals surface area contributed by atoms with Gasteiger partial charge in [-0.3, -0.25) is 9.59 Å². The molecule has 3 N–H and O–H groups in total. The molecule has 0 aromatic carbocycles. The van der Waals surface area contributed by atoms with Gasteiger partial charge in [0.05, 0.1) is 25.4 Å². The van der Waals surface area contributed by atoms with E-state index in [1.807, 2.05) is 0 Å². The van der Waals surface area contributed by atoms with Crippen LogP contribution in [0.5, 0.6) is 0 Å². The van der Waals surface area contributed by atoms with Crippen LogP contribution in [0.3, 0.4) is 0 Å². The lowest BCUT2D eigenvalue weighted by Gasteiger charge is -2.22. The molecule has 2 atom stereocenters. The molecule has 328 valence electrons. The fourth-order valence-corrected chi connectivity index (χ4v) is 7.82. The second-order valence-electron chi connectivity index (χ2n) is 17.2. The summed E-state index contributed by atoms with van der Waals surface area (Å²) >= 11 is 0. The Labute approximate surface area is 343 Å². The van der Waals surface area contributed by atoms with Gasteiger partial charge in [0.25, 0.3) is 0 Å². The number of unbranched alkanes of at least 4 members (excludes halogenated alkanes) is 35. The number of rotatable bonds is 46. The van der Waals surface area contributed by atoms with Gasteiger partial charge in [0, 0.05) is 12.8 Å². The number of aliphatic hydroxyl groups excluding tert-OH is 2. The maximum absolute atomic E-state index is 12.4. The van der Waals surface area contributed by atoms with Gasteiger partial charge < -0.3 is 20.3 Å². The van der Waals surface area contributed by atoms with Crippen molar-refractivity contribution in [2.75, 3.05) is 13.2 Å². The summed E-state index contributed by atoms with van der Waals surface area (Å²) < 4.78 is 5.46. The summed E-state index contributed by atoms with van der Waals surface area (Å²) in [5, 5.41) is 23.0. The lowest BCUT2D eigenvalue weighted by Crippen LogP contribution is -2.45. The molecule has 0 aliphatic rings. The molecule has 0 aliphatic heterocycles. The molecule has 0 radical (unpaired) electrons. The largest absolute Gasteiger partial charge is 0.466 e. The molecule has 0 fully saturated rings. The summed E-state index contributed by atoms with van der Waals surface area (Å²) in [4.78, 5) is 24.4. The van der Waals surface area contributed by atoms with Gasteiger partial charge in [-0.05, 0) is 25.7 Å². The third-order valence-electron chi connectivity index (χ3n) is 11.7. The number of nitrogens with one attached hydrogen (secondary N) is 1. The minimum atomic E-state index is -0.674.